The van der Waals surface area contributed by atoms with Crippen LogP contribution in [0.3, 0.4) is 0 Å². The molecule has 3 N–H and O–H groups in total. The van der Waals surface area contributed by atoms with Crippen molar-refractivity contribution in [1.82, 2.24) is 0 Å². The molecule has 0 radical (unpaired) electrons. The van der Waals surface area contributed by atoms with E-state index in [4.69, 9.17) is 37.0 Å². The molecule has 0 amide bonds. The summed E-state index contributed by atoms with van der Waals surface area (Å²) in [6, 6.07) is 0. The van der Waals surface area contributed by atoms with Gasteiger partial charge in [0.15, 0.2) is 12.2 Å². The summed E-state index contributed by atoms with van der Waals surface area (Å²) in [6.07, 6.45) is 69.6. The van der Waals surface area contributed by atoms with E-state index < -0.39 is 97.5 Å². The summed E-state index contributed by atoms with van der Waals surface area (Å²) in [5.74, 6) is -0.413. The quantitative estimate of drug-likeness (QED) is 0.0222. The van der Waals surface area contributed by atoms with Crippen LogP contribution in [0.2, 0.25) is 0 Å². The standard InChI is InChI=1S/C86H168O17P2/c1-7-10-12-14-16-17-18-19-28-36-41-46-52-58-64-70-85(90)102-81(74-96-83(88)68-62-56-48-15-13-11-8-2)76-100-104(92,93)98-72-80(87)73-99-105(94,95)101-77-82(75-97-84(89)69-63-57-51-45-40-35-31-26-22-20-24-29-33-38-43-49-54-60-66-78(4)5)103-86(91)71-65-59-53-47-42-37-32-27-23-21-25-30-34-39-44-50-55-61-67-79(6)9-3/h78-82,87H,7-77H2,1-6H3,(H,92,93)(H,94,95)/t79?,80-,81+,82+/m0/s1. The predicted octanol–water partition coefficient (Wildman–Crippen LogP) is 26.2. The van der Waals surface area contributed by atoms with Gasteiger partial charge in [0, 0.05) is 25.7 Å². The van der Waals surface area contributed by atoms with Crippen LogP contribution in [-0.4, -0.2) is 96.7 Å². The molecule has 17 nitrogen and oxygen atoms in total. The third-order valence-electron chi connectivity index (χ3n) is 20.6. The molecule has 19 heteroatoms. The molecule has 3 unspecified atom stereocenters. The maximum Gasteiger partial charge on any atom is 0.472 e. The van der Waals surface area contributed by atoms with Crippen molar-refractivity contribution in [2.45, 2.75) is 477 Å². The lowest BCUT2D eigenvalue weighted by Crippen LogP contribution is -2.30. The molecule has 0 saturated heterocycles. The predicted molar refractivity (Wildman–Crippen MR) is 432 cm³/mol. The number of phosphoric ester groups is 2. The molecular formula is C86H168O17P2. The van der Waals surface area contributed by atoms with Gasteiger partial charge in [-0.05, 0) is 37.5 Å². The summed E-state index contributed by atoms with van der Waals surface area (Å²) < 4.78 is 68.7. The zero-order chi connectivity index (χ0) is 77.1. The highest BCUT2D eigenvalue weighted by molar-refractivity contribution is 7.47. The number of hydrogen-bond donors (Lipinski definition) is 3. The van der Waals surface area contributed by atoms with Gasteiger partial charge in [-0.2, -0.15) is 0 Å². The van der Waals surface area contributed by atoms with Crippen LogP contribution in [0.25, 0.3) is 0 Å². The van der Waals surface area contributed by atoms with Gasteiger partial charge in [-0.15, -0.1) is 0 Å². The molecular weight excluding hydrogens is 1370 g/mol. The average Bonchev–Trinajstić information content (AvgIpc) is 0.908. The summed E-state index contributed by atoms with van der Waals surface area (Å²) in [5.41, 5.74) is 0. The van der Waals surface area contributed by atoms with Gasteiger partial charge in [0.1, 0.15) is 19.3 Å². The Morgan fingerprint density at radius 2 is 0.486 bits per heavy atom. The lowest BCUT2D eigenvalue weighted by Gasteiger charge is -2.21. The number of carbonyl (C=O) groups excluding carboxylic acids is 4. The van der Waals surface area contributed by atoms with E-state index in [2.05, 4.69) is 41.5 Å². The third kappa shape index (κ3) is 78.5. The molecule has 0 bridgehead atoms. The molecule has 6 atom stereocenters. The Morgan fingerprint density at radius 1 is 0.276 bits per heavy atom. The van der Waals surface area contributed by atoms with Gasteiger partial charge in [0.25, 0.3) is 0 Å². The first-order chi connectivity index (χ1) is 50.9. The number of unbranched alkanes of at least 4 members (excludes halogenated alkanes) is 54. The second-order valence-corrected chi connectivity index (χ2v) is 34.6. The third-order valence-corrected chi connectivity index (χ3v) is 22.5. The first kappa shape index (κ1) is 103. The van der Waals surface area contributed by atoms with Gasteiger partial charge in [0.2, 0.25) is 0 Å². The first-order valence-corrected chi connectivity index (χ1v) is 47.5. The van der Waals surface area contributed by atoms with Crippen molar-refractivity contribution in [3.63, 3.8) is 0 Å². The number of hydrogen-bond acceptors (Lipinski definition) is 15. The minimum atomic E-state index is -4.96. The van der Waals surface area contributed by atoms with Crippen LogP contribution in [-0.2, 0) is 65.4 Å². The van der Waals surface area contributed by atoms with Gasteiger partial charge >= 0.3 is 39.5 Å². The normalized spacial score (nSPS) is 14.1. The van der Waals surface area contributed by atoms with Crippen LogP contribution < -0.4 is 0 Å². The van der Waals surface area contributed by atoms with Gasteiger partial charge < -0.3 is 33.8 Å². The zero-order valence-corrected chi connectivity index (χ0v) is 70.8. The van der Waals surface area contributed by atoms with Crippen molar-refractivity contribution in [2.24, 2.45) is 11.8 Å². The van der Waals surface area contributed by atoms with Crippen molar-refractivity contribution in [3.05, 3.63) is 0 Å². The van der Waals surface area contributed by atoms with E-state index in [0.29, 0.717) is 25.7 Å². The summed E-state index contributed by atoms with van der Waals surface area (Å²) in [7, 11) is -9.92. The molecule has 105 heavy (non-hydrogen) atoms. The van der Waals surface area contributed by atoms with Crippen LogP contribution in [0, 0.1) is 11.8 Å². The number of phosphoric acid groups is 2. The highest BCUT2D eigenvalue weighted by Crippen LogP contribution is 2.45. The summed E-state index contributed by atoms with van der Waals surface area (Å²) in [5, 5.41) is 10.7. The monoisotopic (exact) mass is 1540 g/mol. The summed E-state index contributed by atoms with van der Waals surface area (Å²) in [4.78, 5) is 73.0. The van der Waals surface area contributed by atoms with Gasteiger partial charge in [0.05, 0.1) is 26.4 Å². The van der Waals surface area contributed by atoms with Crippen molar-refractivity contribution < 1.29 is 80.2 Å². The molecule has 0 aliphatic carbocycles. The number of rotatable bonds is 85. The van der Waals surface area contributed by atoms with Crippen LogP contribution in [0.1, 0.15) is 459 Å². The van der Waals surface area contributed by atoms with Gasteiger partial charge in [-0.1, -0.05) is 408 Å². The zero-order valence-electron chi connectivity index (χ0n) is 69.0. The van der Waals surface area contributed by atoms with Crippen LogP contribution >= 0.6 is 15.6 Å². The average molecular weight is 1540 g/mol. The van der Waals surface area contributed by atoms with E-state index in [1.165, 1.54) is 263 Å². The maximum atomic E-state index is 13.1. The Balaban J connectivity index is 5.15. The van der Waals surface area contributed by atoms with Crippen molar-refractivity contribution >= 4 is 39.5 Å². The Hall–Kier alpha value is -1.94. The van der Waals surface area contributed by atoms with Crippen molar-refractivity contribution in [2.75, 3.05) is 39.6 Å². The first-order valence-electron chi connectivity index (χ1n) is 44.5. The topological polar surface area (TPSA) is 237 Å². The second-order valence-electron chi connectivity index (χ2n) is 31.6. The minimum Gasteiger partial charge on any atom is -0.462 e. The Bertz CT molecular complexity index is 2010. The molecule has 624 valence electrons. The highest BCUT2D eigenvalue weighted by atomic mass is 31.2. The van der Waals surface area contributed by atoms with E-state index >= 15 is 0 Å². The lowest BCUT2D eigenvalue weighted by atomic mass is 9.99. The second kappa shape index (κ2) is 77.4. The van der Waals surface area contributed by atoms with Crippen molar-refractivity contribution in [1.29, 1.82) is 0 Å². The molecule has 0 fully saturated rings. The number of esters is 4. The van der Waals surface area contributed by atoms with Crippen LogP contribution in [0.5, 0.6) is 0 Å². The van der Waals surface area contributed by atoms with Gasteiger partial charge in [-0.3, -0.25) is 37.3 Å². The molecule has 0 aliphatic rings. The largest absolute Gasteiger partial charge is 0.472 e. The molecule has 0 heterocycles. The fourth-order valence-corrected chi connectivity index (χ4v) is 15.0. The molecule has 0 saturated carbocycles. The Labute approximate surface area is 645 Å². The van der Waals surface area contributed by atoms with E-state index in [1.54, 1.807) is 0 Å². The molecule has 0 spiro atoms. The van der Waals surface area contributed by atoms with Crippen molar-refractivity contribution in [3.8, 4) is 0 Å². The number of aliphatic hydroxyl groups excluding tert-OH is 1. The molecule has 0 aromatic carbocycles. The lowest BCUT2D eigenvalue weighted by molar-refractivity contribution is -0.161. The van der Waals surface area contributed by atoms with Gasteiger partial charge in [-0.25, -0.2) is 9.13 Å². The summed E-state index contributed by atoms with van der Waals surface area (Å²) >= 11 is 0. The van der Waals surface area contributed by atoms with E-state index in [9.17, 15) is 43.2 Å². The smallest absolute Gasteiger partial charge is 0.462 e. The van der Waals surface area contributed by atoms with Crippen LogP contribution in [0.15, 0.2) is 0 Å². The molecule has 0 aromatic rings. The number of carbonyl (C=O) groups is 4. The summed E-state index contributed by atoms with van der Waals surface area (Å²) in [6.45, 7) is 9.73. The minimum absolute atomic E-state index is 0.108. The van der Waals surface area contributed by atoms with Crippen LogP contribution in [0.4, 0.5) is 0 Å². The van der Waals surface area contributed by atoms with E-state index in [1.807, 2.05) is 0 Å². The van der Waals surface area contributed by atoms with E-state index in [-0.39, 0.29) is 25.7 Å². The maximum absolute atomic E-state index is 13.1. The number of ether oxygens (including phenoxy) is 4. The molecule has 0 rings (SSSR count). The SMILES string of the molecule is CCCCCCCCCCCCCCCCCC(=O)O[C@H](COC(=O)CCCCCCCCC)COP(=O)(O)OC[C@H](O)COP(=O)(O)OC[C@@H](COC(=O)CCCCCCCCCCCCCCCCCCCCC(C)C)OC(=O)CCCCCCCCCCCCCCCCCCCCC(C)CC. The molecule has 0 aliphatic heterocycles. The Morgan fingerprint density at radius 3 is 0.724 bits per heavy atom. The number of aliphatic hydroxyl groups is 1. The fourth-order valence-electron chi connectivity index (χ4n) is 13.4. The Kier molecular flexibility index (Phi) is 76.0. The fraction of sp³-hybridized carbons (Fsp3) is 0.953. The highest BCUT2D eigenvalue weighted by Gasteiger charge is 2.30. The molecule has 0 aromatic heterocycles. The van der Waals surface area contributed by atoms with E-state index in [0.717, 1.165) is 115 Å².